The monoisotopic (exact) mass is 245 g/mol. The smallest absolute Gasteiger partial charge is 0.140 e. The van der Waals surface area contributed by atoms with Gasteiger partial charge in [0.25, 0.3) is 0 Å². The van der Waals surface area contributed by atoms with Crippen molar-refractivity contribution in [3.63, 3.8) is 0 Å². The first-order valence-electron chi connectivity index (χ1n) is 4.29. The summed E-state index contributed by atoms with van der Waals surface area (Å²) in [6.45, 7) is 1.93. The van der Waals surface area contributed by atoms with Gasteiger partial charge < -0.3 is 5.73 Å². The van der Waals surface area contributed by atoms with Crippen LogP contribution in [0, 0.1) is 5.82 Å². The van der Waals surface area contributed by atoms with Gasteiger partial charge in [-0.15, -0.1) is 0 Å². The zero-order valence-electron chi connectivity index (χ0n) is 7.56. The topological polar surface area (TPSA) is 26.0 Å². The Morgan fingerprint density at radius 2 is 2.23 bits per heavy atom. The molecule has 2 N–H and O–H groups in total. The van der Waals surface area contributed by atoms with Crippen LogP contribution in [0.2, 0.25) is 0 Å². The van der Waals surface area contributed by atoms with Crippen molar-refractivity contribution in [2.75, 3.05) is 0 Å². The molecule has 0 saturated heterocycles. The lowest BCUT2D eigenvalue weighted by Crippen LogP contribution is -2.15. The first kappa shape index (κ1) is 10.7. The summed E-state index contributed by atoms with van der Waals surface area (Å²) in [5.74, 6) is -0.164. The van der Waals surface area contributed by atoms with Gasteiger partial charge in [-0.1, -0.05) is 12.1 Å². The molecule has 0 spiro atoms. The molecule has 0 aliphatic heterocycles. The third-order valence-electron chi connectivity index (χ3n) is 1.90. The Morgan fingerprint density at radius 1 is 1.54 bits per heavy atom. The van der Waals surface area contributed by atoms with Crippen molar-refractivity contribution in [2.24, 2.45) is 5.73 Å². The van der Waals surface area contributed by atoms with E-state index in [9.17, 15) is 4.39 Å². The first-order chi connectivity index (χ1) is 6.11. The van der Waals surface area contributed by atoms with Crippen molar-refractivity contribution in [2.45, 2.75) is 25.8 Å². The van der Waals surface area contributed by atoms with E-state index in [1.807, 2.05) is 13.0 Å². The van der Waals surface area contributed by atoms with Crippen LogP contribution >= 0.6 is 15.9 Å². The Hall–Kier alpha value is -0.410. The van der Waals surface area contributed by atoms with E-state index in [1.165, 1.54) is 0 Å². The van der Waals surface area contributed by atoms with E-state index in [0.29, 0.717) is 10.9 Å². The Bertz CT molecular complexity index is 286. The summed E-state index contributed by atoms with van der Waals surface area (Å²) in [7, 11) is 0. The molecule has 1 rings (SSSR count). The number of hydrogen-bond acceptors (Lipinski definition) is 1. The molecule has 0 aliphatic carbocycles. The zero-order chi connectivity index (χ0) is 9.84. The third kappa shape index (κ3) is 3.08. The Kier molecular flexibility index (Phi) is 3.88. The SMILES string of the molecule is CC(N)CCc1cccc(Br)c1F. The highest BCUT2D eigenvalue weighted by Crippen LogP contribution is 2.19. The van der Waals surface area contributed by atoms with Gasteiger partial charge in [-0.2, -0.15) is 0 Å². The summed E-state index contributed by atoms with van der Waals surface area (Å²) >= 11 is 3.15. The molecule has 0 aliphatic rings. The van der Waals surface area contributed by atoms with E-state index < -0.39 is 0 Å². The zero-order valence-corrected chi connectivity index (χ0v) is 9.14. The average Bonchev–Trinajstić information content (AvgIpc) is 2.07. The molecule has 0 bridgehead atoms. The second kappa shape index (κ2) is 4.72. The predicted molar refractivity (Wildman–Crippen MR) is 56.1 cm³/mol. The molecule has 1 aromatic carbocycles. The van der Waals surface area contributed by atoms with E-state index >= 15 is 0 Å². The summed E-state index contributed by atoms with van der Waals surface area (Å²) in [4.78, 5) is 0. The molecule has 0 heterocycles. The Labute approximate surface area is 86.3 Å². The molecule has 72 valence electrons. The number of rotatable bonds is 3. The minimum atomic E-state index is -0.164. The predicted octanol–water partition coefficient (Wildman–Crippen LogP) is 2.87. The number of aryl methyl sites for hydroxylation is 1. The molecule has 3 heteroatoms. The highest BCUT2D eigenvalue weighted by molar-refractivity contribution is 9.10. The molecule has 0 amide bonds. The van der Waals surface area contributed by atoms with E-state index in [0.717, 1.165) is 12.0 Å². The van der Waals surface area contributed by atoms with E-state index in [-0.39, 0.29) is 11.9 Å². The normalized spacial score (nSPS) is 12.9. The second-order valence-corrected chi connectivity index (χ2v) is 4.08. The van der Waals surface area contributed by atoms with Gasteiger partial charge in [-0.05, 0) is 47.3 Å². The van der Waals surface area contributed by atoms with Gasteiger partial charge in [0.1, 0.15) is 5.82 Å². The number of hydrogen-bond donors (Lipinski definition) is 1. The maximum absolute atomic E-state index is 13.4. The van der Waals surface area contributed by atoms with Crippen molar-refractivity contribution >= 4 is 15.9 Å². The molecule has 1 aromatic rings. The lowest BCUT2D eigenvalue weighted by Gasteiger charge is -2.06. The molecular weight excluding hydrogens is 233 g/mol. The van der Waals surface area contributed by atoms with Crippen molar-refractivity contribution in [1.82, 2.24) is 0 Å². The van der Waals surface area contributed by atoms with Crippen molar-refractivity contribution < 1.29 is 4.39 Å². The summed E-state index contributed by atoms with van der Waals surface area (Å²) < 4.78 is 13.9. The molecule has 0 aromatic heterocycles. The summed E-state index contributed by atoms with van der Waals surface area (Å²) in [5, 5.41) is 0. The summed E-state index contributed by atoms with van der Waals surface area (Å²) in [6.07, 6.45) is 1.51. The maximum atomic E-state index is 13.4. The Morgan fingerprint density at radius 3 is 2.85 bits per heavy atom. The van der Waals surface area contributed by atoms with Gasteiger partial charge in [0.15, 0.2) is 0 Å². The third-order valence-corrected chi connectivity index (χ3v) is 2.51. The number of benzene rings is 1. The van der Waals surface area contributed by atoms with Crippen LogP contribution in [-0.2, 0) is 6.42 Å². The van der Waals surface area contributed by atoms with E-state index in [2.05, 4.69) is 15.9 Å². The minimum absolute atomic E-state index is 0.124. The lowest BCUT2D eigenvalue weighted by molar-refractivity contribution is 0.585. The molecule has 0 saturated carbocycles. The van der Waals surface area contributed by atoms with Gasteiger partial charge in [-0.3, -0.25) is 0 Å². The molecular formula is C10H13BrFN. The average molecular weight is 246 g/mol. The van der Waals surface area contributed by atoms with E-state index in [1.54, 1.807) is 12.1 Å². The molecule has 0 fully saturated rings. The fourth-order valence-corrected chi connectivity index (χ4v) is 1.53. The van der Waals surface area contributed by atoms with Crippen LogP contribution in [0.3, 0.4) is 0 Å². The van der Waals surface area contributed by atoms with Crippen LogP contribution in [0.1, 0.15) is 18.9 Å². The maximum Gasteiger partial charge on any atom is 0.140 e. The molecule has 1 unspecified atom stereocenters. The van der Waals surface area contributed by atoms with Crippen molar-refractivity contribution in [3.8, 4) is 0 Å². The fourth-order valence-electron chi connectivity index (χ4n) is 1.12. The highest BCUT2D eigenvalue weighted by Gasteiger charge is 2.05. The van der Waals surface area contributed by atoms with Crippen molar-refractivity contribution in [1.29, 1.82) is 0 Å². The van der Waals surface area contributed by atoms with Gasteiger partial charge in [0, 0.05) is 6.04 Å². The van der Waals surface area contributed by atoms with Gasteiger partial charge in [-0.25, -0.2) is 4.39 Å². The van der Waals surface area contributed by atoms with E-state index in [4.69, 9.17) is 5.73 Å². The van der Waals surface area contributed by atoms with Crippen LogP contribution < -0.4 is 5.73 Å². The van der Waals surface area contributed by atoms with Gasteiger partial charge in [0.05, 0.1) is 4.47 Å². The van der Waals surface area contributed by atoms with Crippen LogP contribution in [0.25, 0.3) is 0 Å². The first-order valence-corrected chi connectivity index (χ1v) is 5.09. The molecule has 1 atom stereocenters. The lowest BCUT2D eigenvalue weighted by atomic mass is 10.1. The van der Waals surface area contributed by atoms with Crippen LogP contribution in [0.4, 0.5) is 4.39 Å². The number of nitrogens with two attached hydrogens (primary N) is 1. The summed E-state index contributed by atoms with van der Waals surface area (Å²) in [6, 6.07) is 5.45. The molecule has 0 radical (unpaired) electrons. The minimum Gasteiger partial charge on any atom is -0.328 e. The summed E-state index contributed by atoms with van der Waals surface area (Å²) in [5.41, 5.74) is 6.32. The quantitative estimate of drug-likeness (QED) is 0.871. The van der Waals surface area contributed by atoms with Crippen LogP contribution in [0.5, 0.6) is 0 Å². The molecule has 13 heavy (non-hydrogen) atoms. The highest BCUT2D eigenvalue weighted by atomic mass is 79.9. The van der Waals surface area contributed by atoms with Gasteiger partial charge >= 0.3 is 0 Å². The standard InChI is InChI=1S/C10H13BrFN/c1-7(13)5-6-8-3-2-4-9(11)10(8)12/h2-4,7H,5-6,13H2,1H3. The van der Waals surface area contributed by atoms with Crippen LogP contribution in [0.15, 0.2) is 22.7 Å². The molecule has 1 nitrogen and oxygen atoms in total. The number of halogens is 2. The van der Waals surface area contributed by atoms with Crippen LogP contribution in [-0.4, -0.2) is 6.04 Å². The Balaban J connectivity index is 2.71. The fraction of sp³-hybridized carbons (Fsp3) is 0.400. The van der Waals surface area contributed by atoms with Gasteiger partial charge in [0.2, 0.25) is 0 Å². The van der Waals surface area contributed by atoms with Crippen molar-refractivity contribution in [3.05, 3.63) is 34.1 Å². The second-order valence-electron chi connectivity index (χ2n) is 3.23. The largest absolute Gasteiger partial charge is 0.328 e.